The fourth-order valence-electron chi connectivity index (χ4n) is 0.531. The van der Waals surface area contributed by atoms with E-state index in [1.54, 1.807) is 0 Å². The van der Waals surface area contributed by atoms with Crippen molar-refractivity contribution < 1.29 is 36.2 Å². The maximum atomic E-state index is 11.0. The molecule has 0 aromatic carbocycles. The zero-order valence-electron chi connectivity index (χ0n) is 8.31. The molecule has 0 aromatic rings. The van der Waals surface area contributed by atoms with E-state index in [9.17, 15) is 18.0 Å². The lowest BCUT2D eigenvalue weighted by Gasteiger charge is -2.10. The summed E-state index contributed by atoms with van der Waals surface area (Å²) in [7, 11) is -4.80. The normalized spacial score (nSPS) is 12.9. The number of rotatable bonds is 7. The van der Waals surface area contributed by atoms with Gasteiger partial charge in [0.1, 0.15) is 0 Å². The predicted molar refractivity (Wildman–Crippen MR) is 60.8 cm³/mol. The summed E-state index contributed by atoms with van der Waals surface area (Å²) in [6.45, 7) is -0.620. The van der Waals surface area contributed by atoms with Gasteiger partial charge in [-0.3, -0.25) is 0 Å². The number of hydrogen-bond acceptors (Lipinski definition) is 10. The van der Waals surface area contributed by atoms with E-state index >= 15 is 0 Å². The summed E-state index contributed by atoms with van der Waals surface area (Å²) < 4.78 is 34.0. The molecule has 0 aliphatic carbocycles. The molecule has 17 heavy (non-hydrogen) atoms. The Kier molecular flexibility index (Phi) is 7.54. The molecule has 0 saturated heterocycles. The van der Waals surface area contributed by atoms with Crippen molar-refractivity contribution in [2.75, 3.05) is 19.0 Å². The van der Waals surface area contributed by atoms with Crippen molar-refractivity contribution in [2.45, 2.75) is 5.44 Å². The van der Waals surface area contributed by atoms with Crippen LogP contribution in [0.15, 0.2) is 0 Å². The molecule has 0 radical (unpaired) electrons. The molecule has 0 heterocycles. The summed E-state index contributed by atoms with van der Waals surface area (Å²) in [6.07, 6.45) is 0. The first kappa shape index (κ1) is 16.5. The lowest BCUT2D eigenvalue weighted by molar-refractivity contribution is -0.142. The minimum Gasteiger partial charge on any atom is -0.394 e. The van der Waals surface area contributed by atoms with Gasteiger partial charge in [-0.15, -0.1) is 21.0 Å². The van der Waals surface area contributed by atoms with Gasteiger partial charge < -0.3 is 18.2 Å². The van der Waals surface area contributed by atoms with Crippen molar-refractivity contribution in [1.29, 1.82) is 0 Å². The Bertz CT molecular complexity index is 363. The summed E-state index contributed by atoms with van der Waals surface area (Å²) >= 11 is 7.01. The number of aliphatic hydroxyl groups excluding tert-OH is 1. The summed E-state index contributed by atoms with van der Waals surface area (Å²) in [5.74, 6) is -3.09. The maximum Gasteiger partial charge on any atom is 0.506 e. The quantitative estimate of drug-likeness (QED) is 0.385. The second-order valence-corrected chi connectivity index (χ2v) is 4.31. The molecule has 100 valence electrons. The van der Waals surface area contributed by atoms with E-state index in [0.717, 1.165) is 0 Å². The topological polar surface area (TPSA) is 116 Å². The van der Waals surface area contributed by atoms with Crippen LogP contribution in [0.2, 0.25) is 0 Å². The van der Waals surface area contributed by atoms with Crippen LogP contribution in [0.25, 0.3) is 0 Å². The van der Waals surface area contributed by atoms with Crippen molar-refractivity contribution in [2.24, 2.45) is 0 Å². The monoisotopic (exact) mass is 306 g/mol. The van der Waals surface area contributed by atoms with Crippen LogP contribution in [0.5, 0.6) is 0 Å². The Balaban J connectivity index is 4.31. The van der Waals surface area contributed by atoms with Gasteiger partial charge >= 0.3 is 22.3 Å². The number of carbonyl (C=O) groups excluding carboxylic acids is 2. The summed E-state index contributed by atoms with van der Waals surface area (Å²) in [5.41, 5.74) is -1.52. The lowest BCUT2D eigenvalue weighted by atomic mass is 10.7. The molecule has 1 unspecified atom stereocenters. The molecule has 0 bridgehead atoms. The molecule has 1 atom stereocenters. The van der Waals surface area contributed by atoms with Gasteiger partial charge in [0.15, 0.2) is 5.44 Å². The Morgan fingerprint density at radius 3 is 2.35 bits per heavy atom. The van der Waals surface area contributed by atoms with Crippen LogP contribution < -0.4 is 0 Å². The standard InChI is InChI=1S/C6H10O8S3/c7-1-2-12-6(16)5(9)14-17(10,11)13-4(8)3-15/h6-7,15-16H,1-3H2. The van der Waals surface area contributed by atoms with Crippen LogP contribution >= 0.6 is 25.3 Å². The minimum atomic E-state index is -4.80. The van der Waals surface area contributed by atoms with Gasteiger partial charge in [-0.25, -0.2) is 9.59 Å². The molecule has 0 amide bonds. The summed E-state index contributed by atoms with van der Waals surface area (Å²) in [6, 6.07) is 0. The Morgan fingerprint density at radius 2 is 1.88 bits per heavy atom. The number of thiol groups is 2. The van der Waals surface area contributed by atoms with E-state index in [2.05, 4.69) is 38.4 Å². The Labute approximate surface area is 108 Å². The number of carbonyl (C=O) groups is 2. The highest BCUT2D eigenvalue weighted by Gasteiger charge is 2.26. The van der Waals surface area contributed by atoms with Crippen molar-refractivity contribution in [3.63, 3.8) is 0 Å². The van der Waals surface area contributed by atoms with Crippen molar-refractivity contribution in [1.82, 2.24) is 0 Å². The third kappa shape index (κ3) is 7.44. The third-order valence-corrected chi connectivity index (χ3v) is 2.45. The highest BCUT2D eigenvalue weighted by atomic mass is 32.3. The van der Waals surface area contributed by atoms with Gasteiger partial charge in [0.2, 0.25) is 0 Å². The zero-order chi connectivity index (χ0) is 13.5. The highest BCUT2D eigenvalue weighted by Crippen LogP contribution is 2.06. The van der Waals surface area contributed by atoms with E-state index in [1.807, 2.05) is 0 Å². The van der Waals surface area contributed by atoms with Crippen LogP contribution in [0, 0.1) is 0 Å². The van der Waals surface area contributed by atoms with Gasteiger partial charge in [0.25, 0.3) is 0 Å². The average molecular weight is 306 g/mol. The maximum absolute atomic E-state index is 11.0. The number of hydrogen-bond donors (Lipinski definition) is 3. The fourth-order valence-corrected chi connectivity index (χ4v) is 1.52. The van der Waals surface area contributed by atoms with E-state index in [1.165, 1.54) is 0 Å². The van der Waals surface area contributed by atoms with Crippen LogP contribution in [0.4, 0.5) is 0 Å². The Hall–Kier alpha value is -0.490. The molecular weight excluding hydrogens is 296 g/mol. The molecule has 0 rings (SSSR count). The molecule has 0 aliphatic rings. The largest absolute Gasteiger partial charge is 0.506 e. The predicted octanol–water partition coefficient (Wildman–Crippen LogP) is -1.49. The molecular formula is C6H10O8S3. The van der Waals surface area contributed by atoms with Gasteiger partial charge in [0.05, 0.1) is 19.0 Å². The molecule has 0 saturated carbocycles. The van der Waals surface area contributed by atoms with Crippen LogP contribution in [0.1, 0.15) is 0 Å². The summed E-state index contributed by atoms with van der Waals surface area (Å²) in [5, 5.41) is 8.37. The second kappa shape index (κ2) is 7.76. The SMILES string of the molecule is O=C(CS)OS(=O)(=O)OC(=O)C(S)OCCO. The van der Waals surface area contributed by atoms with E-state index < -0.39 is 33.5 Å². The van der Waals surface area contributed by atoms with Crippen molar-refractivity contribution in [3.05, 3.63) is 0 Å². The molecule has 0 fully saturated rings. The van der Waals surface area contributed by atoms with Crippen LogP contribution in [-0.4, -0.2) is 49.9 Å². The molecule has 0 aliphatic heterocycles. The molecule has 0 aromatic heterocycles. The molecule has 1 N–H and O–H groups in total. The first-order valence-electron chi connectivity index (χ1n) is 4.04. The second-order valence-electron chi connectivity index (χ2n) is 2.37. The zero-order valence-corrected chi connectivity index (χ0v) is 10.9. The van der Waals surface area contributed by atoms with Gasteiger partial charge in [-0.05, 0) is 0 Å². The van der Waals surface area contributed by atoms with Crippen LogP contribution in [-0.2, 0) is 33.1 Å². The smallest absolute Gasteiger partial charge is 0.394 e. The van der Waals surface area contributed by atoms with Crippen molar-refractivity contribution >= 4 is 47.6 Å². The van der Waals surface area contributed by atoms with E-state index in [0.29, 0.717) is 0 Å². The fraction of sp³-hybridized carbons (Fsp3) is 0.667. The molecule has 8 nitrogen and oxygen atoms in total. The van der Waals surface area contributed by atoms with Gasteiger partial charge in [-0.1, -0.05) is 0 Å². The average Bonchev–Trinajstić information content (AvgIpc) is 2.24. The van der Waals surface area contributed by atoms with E-state index in [-0.39, 0.29) is 13.2 Å². The summed E-state index contributed by atoms with van der Waals surface area (Å²) in [4.78, 5) is 21.6. The minimum absolute atomic E-state index is 0.236. The van der Waals surface area contributed by atoms with E-state index in [4.69, 9.17) is 5.11 Å². The van der Waals surface area contributed by atoms with Gasteiger partial charge in [-0.2, -0.15) is 12.6 Å². The third-order valence-electron chi connectivity index (χ3n) is 1.08. The van der Waals surface area contributed by atoms with Crippen molar-refractivity contribution in [3.8, 4) is 0 Å². The number of ether oxygens (including phenoxy) is 1. The first-order valence-corrected chi connectivity index (χ1v) is 6.52. The first-order chi connectivity index (χ1) is 7.82. The van der Waals surface area contributed by atoms with Crippen LogP contribution in [0.3, 0.4) is 0 Å². The number of aliphatic hydroxyl groups is 1. The molecule has 11 heteroatoms. The lowest BCUT2D eigenvalue weighted by Crippen LogP contribution is -2.27. The van der Waals surface area contributed by atoms with Gasteiger partial charge in [0, 0.05) is 0 Å². The Morgan fingerprint density at radius 1 is 1.29 bits per heavy atom. The molecule has 0 spiro atoms. The highest BCUT2D eigenvalue weighted by molar-refractivity contribution is 7.84.